The average molecular weight is 287 g/mol. The molecule has 0 aliphatic heterocycles. The molecule has 1 N–H and O–H groups in total. The lowest BCUT2D eigenvalue weighted by atomic mass is 9.82. The predicted octanol–water partition coefficient (Wildman–Crippen LogP) is 1.84. The normalized spacial score (nSPS) is 22.4. The molecule has 0 bridgehead atoms. The summed E-state index contributed by atoms with van der Waals surface area (Å²) < 4.78 is 0. The molecule has 0 saturated heterocycles. The van der Waals surface area contributed by atoms with Crippen LogP contribution in [0.3, 0.4) is 0 Å². The zero-order valence-electron chi connectivity index (χ0n) is 12.3. The Labute approximate surface area is 124 Å². The van der Waals surface area contributed by atoms with Gasteiger partial charge in [0.2, 0.25) is 5.82 Å². The van der Waals surface area contributed by atoms with Crippen LogP contribution in [0.1, 0.15) is 31.4 Å². The van der Waals surface area contributed by atoms with Gasteiger partial charge in [-0.15, -0.1) is 10.2 Å². The molecule has 112 valence electrons. The maximum atomic E-state index is 9.17. The molecule has 0 radical (unpaired) electrons. The number of hydrogen-bond donors (Lipinski definition) is 1. The third-order valence-corrected chi connectivity index (χ3v) is 4.22. The minimum absolute atomic E-state index is 0.317. The van der Waals surface area contributed by atoms with Crippen molar-refractivity contribution in [2.45, 2.75) is 39.2 Å². The molecule has 2 aromatic heterocycles. The summed E-state index contributed by atoms with van der Waals surface area (Å²) in [5.41, 5.74) is 1.72. The van der Waals surface area contributed by atoms with Crippen LogP contribution in [-0.4, -0.2) is 36.9 Å². The Morgan fingerprint density at radius 3 is 2.67 bits per heavy atom. The third-order valence-electron chi connectivity index (χ3n) is 4.22. The fourth-order valence-electron chi connectivity index (χ4n) is 2.92. The first kappa shape index (κ1) is 14.1. The Balaban J connectivity index is 1.63. The zero-order valence-corrected chi connectivity index (χ0v) is 12.3. The molecule has 0 atom stereocenters. The van der Waals surface area contributed by atoms with Crippen molar-refractivity contribution >= 4 is 0 Å². The number of aliphatic hydroxyl groups excluding tert-OH is 1. The number of rotatable bonds is 4. The third kappa shape index (κ3) is 3.44. The summed E-state index contributed by atoms with van der Waals surface area (Å²) in [6, 6.07) is 5.81. The van der Waals surface area contributed by atoms with Gasteiger partial charge in [0.1, 0.15) is 5.69 Å². The van der Waals surface area contributed by atoms with E-state index in [1.165, 1.54) is 0 Å². The van der Waals surface area contributed by atoms with Gasteiger partial charge >= 0.3 is 0 Å². The first-order chi connectivity index (χ1) is 10.2. The lowest BCUT2D eigenvalue weighted by molar-refractivity contribution is 0.157. The number of aryl methyl sites for hydroxylation is 1. The molecule has 6 heteroatoms. The van der Waals surface area contributed by atoms with Crippen LogP contribution >= 0.6 is 0 Å². The number of aliphatic hydroxyl groups is 1. The van der Waals surface area contributed by atoms with Crippen molar-refractivity contribution < 1.29 is 5.11 Å². The van der Waals surface area contributed by atoms with Crippen molar-refractivity contribution in [3.05, 3.63) is 23.9 Å². The molecule has 0 aromatic carbocycles. The van der Waals surface area contributed by atoms with Gasteiger partial charge in [0, 0.05) is 12.3 Å². The Morgan fingerprint density at radius 2 is 1.95 bits per heavy atom. The molecule has 0 amide bonds. The highest BCUT2D eigenvalue weighted by molar-refractivity contribution is 5.47. The number of tetrazole rings is 1. The lowest BCUT2D eigenvalue weighted by Crippen LogP contribution is -2.21. The zero-order chi connectivity index (χ0) is 14.7. The smallest absolute Gasteiger partial charge is 0.223 e. The minimum atomic E-state index is 0.317. The maximum Gasteiger partial charge on any atom is 0.223 e. The van der Waals surface area contributed by atoms with E-state index in [1.807, 2.05) is 25.1 Å². The van der Waals surface area contributed by atoms with Gasteiger partial charge in [-0.25, -0.2) is 4.98 Å². The largest absolute Gasteiger partial charge is 0.396 e. The van der Waals surface area contributed by atoms with E-state index in [4.69, 9.17) is 0 Å². The van der Waals surface area contributed by atoms with Crippen LogP contribution in [-0.2, 0) is 6.54 Å². The second kappa shape index (κ2) is 6.30. The molecule has 1 fully saturated rings. The minimum Gasteiger partial charge on any atom is -0.396 e. The van der Waals surface area contributed by atoms with E-state index in [9.17, 15) is 5.11 Å². The molecular formula is C15H21N5O. The maximum absolute atomic E-state index is 9.17. The van der Waals surface area contributed by atoms with E-state index in [1.54, 1.807) is 4.80 Å². The van der Waals surface area contributed by atoms with Gasteiger partial charge in [-0.3, -0.25) is 0 Å². The number of hydrogen-bond acceptors (Lipinski definition) is 5. The summed E-state index contributed by atoms with van der Waals surface area (Å²) in [6.45, 7) is 3.07. The van der Waals surface area contributed by atoms with Crippen LogP contribution in [0.25, 0.3) is 11.5 Å². The molecular weight excluding hydrogens is 266 g/mol. The van der Waals surface area contributed by atoms with Crippen LogP contribution in [0, 0.1) is 18.8 Å². The van der Waals surface area contributed by atoms with Crippen LogP contribution < -0.4 is 0 Å². The predicted molar refractivity (Wildman–Crippen MR) is 78.3 cm³/mol. The Morgan fingerprint density at radius 1 is 1.19 bits per heavy atom. The number of nitrogens with zero attached hydrogens (tertiary/aromatic N) is 5. The van der Waals surface area contributed by atoms with Gasteiger partial charge in [0.25, 0.3) is 0 Å². The lowest BCUT2D eigenvalue weighted by Gasteiger charge is -2.26. The van der Waals surface area contributed by atoms with E-state index >= 15 is 0 Å². The molecule has 2 heterocycles. The standard InChI is InChI=1S/C15H21N5O/c1-11-3-2-4-14(16-11)15-17-19-20(18-15)9-12-5-7-13(10-21)8-6-12/h2-4,12-13,21H,5-10H2,1H3. The Hall–Kier alpha value is -1.82. The Kier molecular flexibility index (Phi) is 4.24. The van der Waals surface area contributed by atoms with Crippen molar-refractivity contribution in [1.29, 1.82) is 0 Å². The van der Waals surface area contributed by atoms with Gasteiger partial charge in [-0.2, -0.15) is 4.80 Å². The fourth-order valence-corrected chi connectivity index (χ4v) is 2.92. The molecule has 1 aliphatic carbocycles. The molecule has 21 heavy (non-hydrogen) atoms. The van der Waals surface area contributed by atoms with E-state index in [-0.39, 0.29) is 0 Å². The summed E-state index contributed by atoms with van der Waals surface area (Å²) in [5.74, 6) is 1.65. The van der Waals surface area contributed by atoms with Crippen LogP contribution in [0.2, 0.25) is 0 Å². The molecule has 6 nitrogen and oxygen atoms in total. The number of aromatic nitrogens is 5. The monoisotopic (exact) mass is 287 g/mol. The summed E-state index contributed by atoms with van der Waals surface area (Å²) in [7, 11) is 0. The van der Waals surface area contributed by atoms with Crippen LogP contribution in [0.5, 0.6) is 0 Å². The van der Waals surface area contributed by atoms with Gasteiger partial charge < -0.3 is 5.11 Å². The summed E-state index contributed by atoms with van der Waals surface area (Å²) in [5, 5.41) is 21.9. The summed E-state index contributed by atoms with van der Waals surface area (Å²) in [6.07, 6.45) is 4.46. The molecule has 0 spiro atoms. The van der Waals surface area contributed by atoms with Gasteiger partial charge in [0.15, 0.2) is 0 Å². The van der Waals surface area contributed by atoms with E-state index in [2.05, 4.69) is 20.4 Å². The fraction of sp³-hybridized carbons (Fsp3) is 0.600. The molecule has 1 aliphatic rings. The van der Waals surface area contributed by atoms with Crippen molar-refractivity contribution in [2.75, 3.05) is 6.61 Å². The van der Waals surface area contributed by atoms with E-state index in [0.29, 0.717) is 24.3 Å². The first-order valence-corrected chi connectivity index (χ1v) is 7.57. The Bertz CT molecular complexity index is 589. The highest BCUT2D eigenvalue weighted by atomic mass is 16.3. The molecule has 1 saturated carbocycles. The van der Waals surface area contributed by atoms with Crippen LogP contribution in [0.4, 0.5) is 0 Å². The topological polar surface area (TPSA) is 76.7 Å². The van der Waals surface area contributed by atoms with E-state index in [0.717, 1.165) is 43.6 Å². The highest BCUT2D eigenvalue weighted by Gasteiger charge is 2.21. The first-order valence-electron chi connectivity index (χ1n) is 7.57. The molecule has 3 rings (SSSR count). The van der Waals surface area contributed by atoms with Gasteiger partial charge in [-0.05, 0) is 61.8 Å². The highest BCUT2D eigenvalue weighted by Crippen LogP contribution is 2.29. The van der Waals surface area contributed by atoms with Gasteiger partial charge in [0.05, 0.1) is 6.54 Å². The second-order valence-corrected chi connectivity index (χ2v) is 5.90. The molecule has 0 unspecified atom stereocenters. The van der Waals surface area contributed by atoms with Crippen molar-refractivity contribution in [1.82, 2.24) is 25.2 Å². The SMILES string of the molecule is Cc1cccc(-c2nnn(CC3CCC(CO)CC3)n2)n1. The van der Waals surface area contributed by atoms with Gasteiger partial charge in [-0.1, -0.05) is 6.07 Å². The quantitative estimate of drug-likeness (QED) is 0.928. The summed E-state index contributed by atoms with van der Waals surface area (Å²) in [4.78, 5) is 6.10. The second-order valence-electron chi connectivity index (χ2n) is 5.90. The van der Waals surface area contributed by atoms with E-state index < -0.39 is 0 Å². The summed E-state index contributed by atoms with van der Waals surface area (Å²) >= 11 is 0. The van der Waals surface area contributed by atoms with Crippen molar-refractivity contribution in [3.63, 3.8) is 0 Å². The number of pyridine rings is 1. The molecule has 2 aromatic rings. The average Bonchev–Trinajstić information content (AvgIpc) is 2.97. The van der Waals surface area contributed by atoms with Crippen molar-refractivity contribution in [3.8, 4) is 11.5 Å². The van der Waals surface area contributed by atoms with Crippen LogP contribution in [0.15, 0.2) is 18.2 Å². The van der Waals surface area contributed by atoms with Crippen molar-refractivity contribution in [2.24, 2.45) is 11.8 Å².